The van der Waals surface area contributed by atoms with Gasteiger partial charge in [0.15, 0.2) is 5.54 Å². The van der Waals surface area contributed by atoms with Crippen LogP contribution < -0.4 is 0 Å². The van der Waals surface area contributed by atoms with Crippen molar-refractivity contribution in [3.8, 4) is 0 Å². The van der Waals surface area contributed by atoms with Crippen molar-refractivity contribution in [2.24, 2.45) is 0 Å². The van der Waals surface area contributed by atoms with Gasteiger partial charge in [-0.3, -0.25) is 14.5 Å². The number of carbonyl (C=O) groups excluding carboxylic acids is 3. The van der Waals surface area contributed by atoms with Crippen LogP contribution in [0.3, 0.4) is 0 Å². The lowest BCUT2D eigenvalue weighted by Crippen LogP contribution is -2.58. The maximum atomic E-state index is 12.7. The molecule has 5 nitrogen and oxygen atoms in total. The van der Waals surface area contributed by atoms with Gasteiger partial charge in [0.1, 0.15) is 0 Å². The zero-order chi connectivity index (χ0) is 15.9. The molecule has 114 valence electrons. The van der Waals surface area contributed by atoms with Crippen molar-refractivity contribution in [2.75, 3.05) is 7.11 Å². The number of carbonyl (C=O) groups is 3. The fourth-order valence-electron chi connectivity index (χ4n) is 3.06. The second kappa shape index (κ2) is 5.49. The molecule has 1 heterocycles. The van der Waals surface area contributed by atoms with Crippen LogP contribution in [0, 0.1) is 0 Å². The summed E-state index contributed by atoms with van der Waals surface area (Å²) in [5, 5.41) is 0. The van der Waals surface area contributed by atoms with Gasteiger partial charge in [-0.15, -0.1) is 0 Å². The second-order valence-electron chi connectivity index (χ2n) is 5.37. The lowest BCUT2D eigenvalue weighted by Gasteiger charge is -2.39. The van der Waals surface area contributed by atoms with Crippen molar-refractivity contribution in [3.05, 3.63) is 45.0 Å². The summed E-state index contributed by atoms with van der Waals surface area (Å²) in [6.45, 7) is 0. The van der Waals surface area contributed by atoms with Crippen LogP contribution in [0.1, 0.15) is 40.0 Å². The number of esters is 1. The molecule has 1 aliphatic carbocycles. The molecule has 1 aliphatic heterocycles. The highest BCUT2D eigenvalue weighted by atomic mass is 127. The average molecular weight is 411 g/mol. The Hall–Kier alpha value is -1.70. The molecule has 0 radical (unpaired) electrons. The number of halogens is 1. The number of hydrogen-bond acceptors (Lipinski definition) is 4. The summed E-state index contributed by atoms with van der Waals surface area (Å²) in [5.74, 6) is -1.38. The Kier molecular flexibility index (Phi) is 3.80. The minimum Gasteiger partial charge on any atom is -0.467 e. The van der Waals surface area contributed by atoms with E-state index in [1.165, 1.54) is 7.11 Å². The quantitative estimate of drug-likeness (QED) is 0.427. The Bertz CT molecular complexity index is 677. The standard InChI is InChI=1S/C16H14INO4/c1-22-15(21)16(8-6-10(17)7-9-16)18-13(19)11-4-2-3-5-12(11)14(18)20/h2-6H,7-9H2,1H3. The van der Waals surface area contributed by atoms with Gasteiger partial charge >= 0.3 is 5.97 Å². The van der Waals surface area contributed by atoms with Gasteiger partial charge in [-0.1, -0.05) is 18.2 Å². The summed E-state index contributed by atoms with van der Waals surface area (Å²) in [7, 11) is 1.28. The average Bonchev–Trinajstić information content (AvgIpc) is 2.80. The Labute approximate surface area is 141 Å². The molecule has 0 N–H and O–H groups in total. The van der Waals surface area contributed by atoms with E-state index >= 15 is 0 Å². The predicted molar refractivity (Wildman–Crippen MR) is 87.6 cm³/mol. The zero-order valence-electron chi connectivity index (χ0n) is 12.0. The SMILES string of the molecule is COC(=O)C1(N2C(=O)c3ccccc3C2=O)CC=C(I)CC1. The summed E-state index contributed by atoms with van der Waals surface area (Å²) in [6, 6.07) is 6.65. The Balaban J connectivity index is 2.10. The smallest absolute Gasteiger partial charge is 0.332 e. The van der Waals surface area contributed by atoms with Crippen molar-refractivity contribution in [1.29, 1.82) is 0 Å². The fraction of sp³-hybridized carbons (Fsp3) is 0.312. The lowest BCUT2D eigenvalue weighted by molar-refractivity contribution is -0.152. The molecular weight excluding hydrogens is 397 g/mol. The van der Waals surface area contributed by atoms with Gasteiger partial charge in [0, 0.05) is 6.42 Å². The minimum absolute atomic E-state index is 0.295. The summed E-state index contributed by atoms with van der Waals surface area (Å²) in [5.41, 5.74) is -0.545. The number of nitrogens with zero attached hydrogens (tertiary/aromatic N) is 1. The van der Waals surface area contributed by atoms with Crippen molar-refractivity contribution in [2.45, 2.75) is 24.8 Å². The molecule has 0 fully saturated rings. The number of methoxy groups -OCH3 is 1. The first kappa shape index (κ1) is 15.2. The van der Waals surface area contributed by atoms with Crippen LogP contribution in [0.5, 0.6) is 0 Å². The minimum atomic E-state index is -1.24. The summed E-state index contributed by atoms with van der Waals surface area (Å²) >= 11 is 2.20. The van der Waals surface area contributed by atoms with Crippen molar-refractivity contribution in [1.82, 2.24) is 4.90 Å². The Morgan fingerprint density at radius 3 is 2.27 bits per heavy atom. The number of amides is 2. The van der Waals surface area contributed by atoms with E-state index in [4.69, 9.17) is 4.74 Å². The van der Waals surface area contributed by atoms with E-state index in [1.807, 2.05) is 6.08 Å². The van der Waals surface area contributed by atoms with Crippen LogP contribution in [0.25, 0.3) is 0 Å². The monoisotopic (exact) mass is 411 g/mol. The third kappa shape index (κ3) is 2.08. The Morgan fingerprint density at radius 2 is 1.82 bits per heavy atom. The molecule has 22 heavy (non-hydrogen) atoms. The van der Waals surface area contributed by atoms with E-state index in [1.54, 1.807) is 24.3 Å². The van der Waals surface area contributed by atoms with E-state index in [0.29, 0.717) is 30.4 Å². The third-order valence-corrected chi connectivity index (χ3v) is 5.21. The van der Waals surface area contributed by atoms with E-state index in [-0.39, 0.29) is 0 Å². The molecule has 0 bridgehead atoms. The van der Waals surface area contributed by atoms with E-state index in [0.717, 1.165) is 8.48 Å². The van der Waals surface area contributed by atoms with E-state index in [2.05, 4.69) is 22.6 Å². The van der Waals surface area contributed by atoms with Gasteiger partial charge < -0.3 is 4.74 Å². The van der Waals surface area contributed by atoms with Gasteiger partial charge in [-0.25, -0.2) is 4.79 Å². The summed E-state index contributed by atoms with van der Waals surface area (Å²) in [6.07, 6.45) is 3.22. The first-order chi connectivity index (χ1) is 10.5. The molecule has 0 saturated carbocycles. The molecule has 0 spiro atoms. The molecule has 1 aromatic rings. The first-order valence-electron chi connectivity index (χ1n) is 6.92. The van der Waals surface area contributed by atoms with Crippen molar-refractivity contribution in [3.63, 3.8) is 0 Å². The van der Waals surface area contributed by atoms with Gasteiger partial charge in [0.05, 0.1) is 18.2 Å². The number of imide groups is 1. The number of benzene rings is 1. The van der Waals surface area contributed by atoms with Gasteiger partial charge in [0.25, 0.3) is 11.8 Å². The van der Waals surface area contributed by atoms with Crippen LogP contribution in [0.15, 0.2) is 33.9 Å². The molecule has 2 amide bonds. The molecule has 0 saturated heterocycles. The van der Waals surface area contributed by atoms with Crippen molar-refractivity contribution >= 4 is 40.4 Å². The van der Waals surface area contributed by atoms with Crippen LogP contribution in [-0.4, -0.2) is 35.3 Å². The number of fused-ring (bicyclic) bond motifs is 1. The summed E-state index contributed by atoms with van der Waals surface area (Å²) < 4.78 is 6.04. The zero-order valence-corrected chi connectivity index (χ0v) is 14.1. The molecule has 3 rings (SSSR count). The van der Waals surface area contributed by atoms with Gasteiger partial charge in [-0.2, -0.15) is 0 Å². The van der Waals surface area contributed by atoms with Crippen LogP contribution >= 0.6 is 22.6 Å². The topological polar surface area (TPSA) is 63.7 Å². The fourth-order valence-corrected chi connectivity index (χ4v) is 3.55. The predicted octanol–water partition coefficient (Wildman–Crippen LogP) is 2.70. The van der Waals surface area contributed by atoms with Crippen molar-refractivity contribution < 1.29 is 19.1 Å². The first-order valence-corrected chi connectivity index (χ1v) is 8.00. The highest BCUT2D eigenvalue weighted by molar-refractivity contribution is 14.1. The normalized spacial score (nSPS) is 24.1. The van der Waals surface area contributed by atoms with E-state index in [9.17, 15) is 14.4 Å². The number of ether oxygens (including phenoxy) is 1. The lowest BCUT2D eigenvalue weighted by atomic mass is 9.83. The largest absolute Gasteiger partial charge is 0.467 e. The molecule has 1 unspecified atom stereocenters. The molecular formula is C16H14INO4. The van der Waals surface area contributed by atoms with Crippen LogP contribution in [0.4, 0.5) is 0 Å². The molecule has 6 heteroatoms. The van der Waals surface area contributed by atoms with Gasteiger partial charge in [0.2, 0.25) is 0 Å². The third-order valence-electron chi connectivity index (χ3n) is 4.23. The Morgan fingerprint density at radius 1 is 1.23 bits per heavy atom. The highest BCUT2D eigenvalue weighted by Crippen LogP contribution is 2.40. The number of rotatable bonds is 2. The van der Waals surface area contributed by atoms with Crippen LogP contribution in [0.2, 0.25) is 0 Å². The highest BCUT2D eigenvalue weighted by Gasteiger charge is 2.54. The summed E-state index contributed by atoms with van der Waals surface area (Å²) in [4.78, 5) is 38.9. The number of allylic oxidation sites excluding steroid dienone is 1. The maximum Gasteiger partial charge on any atom is 0.332 e. The van der Waals surface area contributed by atoms with Gasteiger partial charge in [-0.05, 0) is 51.1 Å². The molecule has 2 aliphatic rings. The molecule has 1 aromatic carbocycles. The molecule has 0 aromatic heterocycles. The molecule has 1 atom stereocenters. The maximum absolute atomic E-state index is 12.7. The number of hydrogen-bond donors (Lipinski definition) is 0. The second-order valence-corrected chi connectivity index (χ2v) is 6.76. The van der Waals surface area contributed by atoms with E-state index < -0.39 is 23.3 Å². The van der Waals surface area contributed by atoms with Crippen LogP contribution in [-0.2, 0) is 9.53 Å².